The van der Waals surface area contributed by atoms with Crippen molar-refractivity contribution in [3.63, 3.8) is 0 Å². The van der Waals surface area contributed by atoms with Crippen molar-refractivity contribution >= 4 is 18.3 Å². The molecule has 2 rings (SSSR count). The van der Waals surface area contributed by atoms with Crippen LogP contribution in [0.4, 0.5) is 0 Å². The van der Waals surface area contributed by atoms with E-state index >= 15 is 0 Å². The number of benzene rings is 1. The molecule has 0 fully saturated rings. The molecule has 114 valence electrons. The number of hydrogen-bond donors (Lipinski definition) is 1. The highest BCUT2D eigenvalue weighted by atomic mass is 16.5. The molecule has 0 radical (unpaired) electrons. The smallest absolute Gasteiger partial charge is 0.271 e. The molecule has 0 bridgehead atoms. The largest absolute Gasteiger partial charge is 0.496 e. The van der Waals surface area contributed by atoms with E-state index in [0.29, 0.717) is 12.0 Å². The number of amides is 1. The predicted octanol–water partition coefficient (Wildman–Crippen LogP) is 2.68. The molecule has 1 N–H and O–H groups in total. The lowest BCUT2D eigenvalue weighted by molar-refractivity contribution is -0.117. The Balaban J connectivity index is 2.07. The molecule has 0 saturated heterocycles. The lowest BCUT2D eigenvalue weighted by atomic mass is 10.0. The fourth-order valence-corrected chi connectivity index (χ4v) is 2.18. The second-order valence-corrected chi connectivity index (χ2v) is 4.87. The van der Waals surface area contributed by atoms with E-state index in [1.807, 2.05) is 26.0 Å². The molecule has 1 aliphatic rings. The Morgan fingerprint density at radius 1 is 1.41 bits per heavy atom. The third-order valence-corrected chi connectivity index (χ3v) is 3.37. The summed E-state index contributed by atoms with van der Waals surface area (Å²) in [6.07, 6.45) is 9.05. The standard InChI is InChI=1S/C17H19N3O2/c1-12-6-7-15(13(2)16(12)22-3)11-19-20-17(21)14-5-4-9-18-10-8-14/h5-11H,4H2,1-3H3,(H,20,21). The second-order valence-electron chi connectivity index (χ2n) is 4.87. The average molecular weight is 297 g/mol. The molecular weight excluding hydrogens is 278 g/mol. The van der Waals surface area contributed by atoms with Gasteiger partial charge in [-0.3, -0.25) is 9.79 Å². The van der Waals surface area contributed by atoms with E-state index < -0.39 is 0 Å². The van der Waals surface area contributed by atoms with E-state index in [2.05, 4.69) is 15.5 Å². The minimum absolute atomic E-state index is 0.255. The minimum atomic E-state index is -0.255. The van der Waals surface area contributed by atoms with Crippen LogP contribution in [0.25, 0.3) is 0 Å². The Morgan fingerprint density at radius 3 is 3.00 bits per heavy atom. The summed E-state index contributed by atoms with van der Waals surface area (Å²) in [5.74, 6) is 0.580. The van der Waals surface area contributed by atoms with Gasteiger partial charge in [-0.15, -0.1) is 0 Å². The van der Waals surface area contributed by atoms with Crippen LogP contribution in [0.5, 0.6) is 5.75 Å². The number of nitrogens with one attached hydrogen (secondary N) is 1. The zero-order valence-electron chi connectivity index (χ0n) is 13.0. The lowest BCUT2D eigenvalue weighted by Crippen LogP contribution is -2.19. The SMILES string of the molecule is COc1c(C)ccc(C=NNC(=O)C2=CCC=NC=C2)c1C. The summed E-state index contributed by atoms with van der Waals surface area (Å²) in [6.45, 7) is 3.95. The highest BCUT2D eigenvalue weighted by Crippen LogP contribution is 2.24. The van der Waals surface area contributed by atoms with Crippen molar-refractivity contribution in [2.75, 3.05) is 7.11 Å². The van der Waals surface area contributed by atoms with Gasteiger partial charge in [0.2, 0.25) is 0 Å². The van der Waals surface area contributed by atoms with Crippen LogP contribution >= 0.6 is 0 Å². The van der Waals surface area contributed by atoms with Crippen molar-refractivity contribution in [3.8, 4) is 5.75 Å². The van der Waals surface area contributed by atoms with Crippen LogP contribution < -0.4 is 10.2 Å². The van der Waals surface area contributed by atoms with Gasteiger partial charge in [0.1, 0.15) is 5.75 Å². The number of hydrogen-bond acceptors (Lipinski definition) is 4. The van der Waals surface area contributed by atoms with Gasteiger partial charge in [0, 0.05) is 35.5 Å². The molecule has 1 amide bonds. The molecule has 5 heteroatoms. The molecule has 1 aliphatic heterocycles. The summed E-state index contributed by atoms with van der Waals surface area (Å²) in [6, 6.07) is 3.91. The Bertz CT molecular complexity index is 685. The summed E-state index contributed by atoms with van der Waals surface area (Å²) in [5, 5.41) is 4.02. The van der Waals surface area contributed by atoms with Crippen LogP contribution in [0.1, 0.15) is 23.1 Å². The van der Waals surface area contributed by atoms with Gasteiger partial charge in [-0.1, -0.05) is 18.2 Å². The minimum Gasteiger partial charge on any atom is -0.496 e. The van der Waals surface area contributed by atoms with Crippen molar-refractivity contribution < 1.29 is 9.53 Å². The Labute approximate surface area is 130 Å². The maximum absolute atomic E-state index is 12.0. The number of carbonyl (C=O) groups is 1. The van der Waals surface area contributed by atoms with Crippen LogP contribution in [0, 0.1) is 13.8 Å². The number of aryl methyl sites for hydroxylation is 1. The molecule has 22 heavy (non-hydrogen) atoms. The van der Waals surface area contributed by atoms with Gasteiger partial charge in [0.05, 0.1) is 13.3 Å². The Morgan fingerprint density at radius 2 is 2.23 bits per heavy atom. The molecule has 0 aliphatic carbocycles. The van der Waals surface area contributed by atoms with Gasteiger partial charge in [0.25, 0.3) is 5.91 Å². The van der Waals surface area contributed by atoms with Crippen molar-refractivity contribution in [1.29, 1.82) is 0 Å². The quantitative estimate of drug-likeness (QED) is 0.686. The first-order valence-electron chi connectivity index (χ1n) is 6.99. The fraction of sp³-hybridized carbons (Fsp3) is 0.235. The number of carbonyl (C=O) groups excluding carboxylic acids is 1. The highest BCUT2D eigenvalue weighted by Gasteiger charge is 2.07. The molecule has 1 aromatic rings. The van der Waals surface area contributed by atoms with Crippen molar-refractivity contribution in [3.05, 3.63) is 52.7 Å². The number of ether oxygens (including phenoxy) is 1. The first-order chi connectivity index (χ1) is 10.6. The zero-order valence-corrected chi connectivity index (χ0v) is 13.0. The van der Waals surface area contributed by atoms with Crippen LogP contribution in [0.15, 0.2) is 46.2 Å². The summed E-state index contributed by atoms with van der Waals surface area (Å²) in [5.41, 5.74) is 6.02. The molecule has 1 heterocycles. The number of methoxy groups -OCH3 is 1. The van der Waals surface area contributed by atoms with E-state index in [-0.39, 0.29) is 5.91 Å². The number of hydrazone groups is 1. The van der Waals surface area contributed by atoms with Crippen molar-refractivity contribution in [2.45, 2.75) is 20.3 Å². The van der Waals surface area contributed by atoms with Crippen LogP contribution in [-0.2, 0) is 4.79 Å². The van der Waals surface area contributed by atoms with Crippen LogP contribution in [0.3, 0.4) is 0 Å². The molecular formula is C17H19N3O2. The summed E-state index contributed by atoms with van der Waals surface area (Å²) >= 11 is 0. The normalized spacial score (nSPS) is 13.9. The van der Waals surface area contributed by atoms with Gasteiger partial charge in [-0.2, -0.15) is 5.10 Å². The highest BCUT2D eigenvalue weighted by molar-refractivity contribution is 5.97. The van der Waals surface area contributed by atoms with Gasteiger partial charge >= 0.3 is 0 Å². The molecule has 0 aromatic heterocycles. The summed E-state index contributed by atoms with van der Waals surface area (Å²) in [4.78, 5) is 16.0. The molecule has 0 saturated carbocycles. The van der Waals surface area contributed by atoms with Crippen LogP contribution in [-0.4, -0.2) is 25.4 Å². The monoisotopic (exact) mass is 297 g/mol. The average Bonchev–Trinajstić information content (AvgIpc) is 2.79. The first kappa shape index (κ1) is 15.7. The lowest BCUT2D eigenvalue weighted by Gasteiger charge is -2.10. The van der Waals surface area contributed by atoms with E-state index in [0.717, 1.165) is 22.4 Å². The topological polar surface area (TPSA) is 63.0 Å². The molecule has 5 nitrogen and oxygen atoms in total. The first-order valence-corrected chi connectivity index (χ1v) is 6.99. The summed E-state index contributed by atoms with van der Waals surface area (Å²) in [7, 11) is 1.64. The molecule has 0 atom stereocenters. The Hall–Kier alpha value is -2.69. The van der Waals surface area contributed by atoms with E-state index in [1.54, 1.807) is 37.9 Å². The number of nitrogens with zero attached hydrogens (tertiary/aromatic N) is 2. The maximum atomic E-state index is 12.0. The van der Waals surface area contributed by atoms with Crippen molar-refractivity contribution in [1.82, 2.24) is 5.43 Å². The Kier molecular flexibility index (Phi) is 5.25. The maximum Gasteiger partial charge on any atom is 0.271 e. The zero-order chi connectivity index (χ0) is 15.9. The third kappa shape index (κ3) is 3.69. The van der Waals surface area contributed by atoms with Gasteiger partial charge in [-0.05, 0) is 25.5 Å². The predicted molar refractivity (Wildman–Crippen MR) is 88.5 cm³/mol. The van der Waals surface area contributed by atoms with E-state index in [1.165, 1.54) is 0 Å². The second kappa shape index (κ2) is 7.36. The fourth-order valence-electron chi connectivity index (χ4n) is 2.18. The van der Waals surface area contributed by atoms with E-state index in [9.17, 15) is 4.79 Å². The molecule has 0 spiro atoms. The number of aliphatic imine (C=N–C) groups is 1. The molecule has 1 aromatic carbocycles. The van der Waals surface area contributed by atoms with Gasteiger partial charge < -0.3 is 4.74 Å². The van der Waals surface area contributed by atoms with Gasteiger partial charge in [-0.25, -0.2) is 5.43 Å². The summed E-state index contributed by atoms with van der Waals surface area (Å²) < 4.78 is 5.37. The van der Waals surface area contributed by atoms with E-state index in [4.69, 9.17) is 4.74 Å². The van der Waals surface area contributed by atoms with Gasteiger partial charge in [0.15, 0.2) is 0 Å². The number of allylic oxidation sites excluding steroid dienone is 1. The third-order valence-electron chi connectivity index (χ3n) is 3.37. The van der Waals surface area contributed by atoms with Crippen molar-refractivity contribution in [2.24, 2.45) is 10.1 Å². The number of rotatable bonds is 4. The molecule has 0 unspecified atom stereocenters. The van der Waals surface area contributed by atoms with Crippen LogP contribution in [0.2, 0.25) is 0 Å².